The maximum atomic E-state index is 8.56. The van der Waals surface area contributed by atoms with E-state index in [1.165, 1.54) is 0 Å². The van der Waals surface area contributed by atoms with E-state index in [1.807, 2.05) is 0 Å². The summed E-state index contributed by atoms with van der Waals surface area (Å²) in [5.41, 5.74) is 0. The first-order valence-electron chi connectivity index (χ1n) is 0.940. The molecule has 0 radical (unpaired) electrons. The normalized spacial score (nSPS) is 3.86. The second-order valence-corrected chi connectivity index (χ2v) is 0.283. The van der Waals surface area contributed by atoms with Crippen molar-refractivity contribution in [2.45, 2.75) is 0 Å². The van der Waals surface area contributed by atoms with Gasteiger partial charge in [-0.25, -0.2) is 4.79 Å². The van der Waals surface area contributed by atoms with Crippen molar-refractivity contribution < 1.29 is 18.8 Å². The van der Waals surface area contributed by atoms with E-state index in [9.17, 15) is 0 Å². The second kappa shape index (κ2) is 16.4. The van der Waals surface area contributed by atoms with Gasteiger partial charge in [0.25, 0.3) is 0 Å². The Balaban J connectivity index is -0.0000000480. The van der Waals surface area contributed by atoms with Crippen LogP contribution in [0.3, 0.4) is 0 Å². The molecule has 0 unspecified atom stereocenters. The van der Waals surface area contributed by atoms with Gasteiger partial charge in [-0.05, 0) is 0 Å². The molecular formula is CH4AlLiO4. The molecule has 0 rings (SSSR count). The molecule has 4 nitrogen and oxygen atoms in total. The summed E-state index contributed by atoms with van der Waals surface area (Å²) in [6.45, 7) is 0. The summed E-state index contributed by atoms with van der Waals surface area (Å²) in [5, 5.41) is 13.9. The van der Waals surface area contributed by atoms with Crippen molar-refractivity contribution >= 4 is 41.2 Å². The molecule has 0 heterocycles. The van der Waals surface area contributed by atoms with Gasteiger partial charge < -0.3 is 10.2 Å². The number of hydrogen-bond donors (Lipinski definition) is 2. The summed E-state index contributed by atoms with van der Waals surface area (Å²) in [6.07, 6.45) is -1.83. The summed E-state index contributed by atoms with van der Waals surface area (Å²) in [7, 11) is 0. The standard InChI is InChI=1S/CH2O3.Al.Li.O.2H/c2-1(3)4;;;;;/h(H2,2,3,4);;;;;. The molecule has 0 saturated carbocycles. The average molecular weight is 114 g/mol. The van der Waals surface area contributed by atoms with Crippen LogP contribution in [0.4, 0.5) is 4.79 Å². The van der Waals surface area contributed by atoms with Gasteiger partial charge in [0.1, 0.15) is 0 Å². The molecule has 0 atom stereocenters. The first-order chi connectivity index (χ1) is 2.73. The van der Waals surface area contributed by atoms with Gasteiger partial charge in [-0.1, -0.05) is 0 Å². The molecular weight excluding hydrogens is 110 g/mol. The van der Waals surface area contributed by atoms with Crippen LogP contribution in [0.1, 0.15) is 0 Å². The average Bonchev–Trinajstić information content (AvgIpc) is 1.41. The van der Waals surface area contributed by atoms with Crippen molar-refractivity contribution in [1.82, 2.24) is 0 Å². The summed E-state index contributed by atoms with van der Waals surface area (Å²) in [5.74, 6) is 0. The minimum absolute atomic E-state index is 0. The van der Waals surface area contributed by atoms with E-state index in [0.29, 0.717) is 16.2 Å². The molecule has 2 N–H and O–H groups in total. The molecule has 0 amide bonds. The van der Waals surface area contributed by atoms with E-state index in [-0.39, 0.29) is 18.9 Å². The van der Waals surface area contributed by atoms with Crippen LogP contribution in [0.5, 0.6) is 0 Å². The zero-order chi connectivity index (χ0) is 5.58. The Kier molecular flexibility index (Phi) is 36.7. The first-order valence-corrected chi connectivity index (χ1v) is 1.52. The van der Waals surface area contributed by atoms with Gasteiger partial charge in [0, 0.05) is 0 Å². The summed E-state index contributed by atoms with van der Waals surface area (Å²) < 4.78 is 8.28. The molecule has 0 fully saturated rings. The zero-order valence-corrected chi connectivity index (χ0v) is 4.33. The fraction of sp³-hybridized carbons (Fsp3) is 0. The number of carbonyl (C=O) groups is 1. The minimum atomic E-state index is -1.83. The fourth-order valence-electron chi connectivity index (χ4n) is 0. The van der Waals surface area contributed by atoms with Crippen LogP contribution >= 0.6 is 0 Å². The molecule has 36 valence electrons. The topological polar surface area (TPSA) is 74.6 Å². The zero-order valence-electron chi connectivity index (χ0n) is 2.92. The summed E-state index contributed by atoms with van der Waals surface area (Å²) in [6, 6.07) is 0. The van der Waals surface area contributed by atoms with E-state index in [0.717, 1.165) is 0 Å². The van der Waals surface area contributed by atoms with Gasteiger partial charge in [0.05, 0.1) is 0 Å². The molecule has 0 bridgehead atoms. The van der Waals surface area contributed by atoms with E-state index in [4.69, 9.17) is 18.8 Å². The van der Waals surface area contributed by atoms with Crippen molar-refractivity contribution in [2.24, 2.45) is 0 Å². The van der Waals surface area contributed by atoms with Crippen LogP contribution in [-0.2, 0) is 3.80 Å². The van der Waals surface area contributed by atoms with Crippen LogP contribution in [0.2, 0.25) is 0 Å². The Hall–Kier alpha value is 0.200. The van der Waals surface area contributed by atoms with E-state index in [1.54, 1.807) is 0 Å². The SMILES string of the molecule is O=C(O)O.[LiH].[O]=[AlH]. The van der Waals surface area contributed by atoms with E-state index in [2.05, 4.69) is 0 Å². The molecule has 6 heteroatoms. The van der Waals surface area contributed by atoms with Gasteiger partial charge in [-0.3, -0.25) is 0 Å². The molecule has 0 aromatic heterocycles. The van der Waals surface area contributed by atoms with E-state index >= 15 is 0 Å². The third kappa shape index (κ3) is 2740. The number of carboxylic acid groups (broad SMARTS) is 2. The Morgan fingerprint density at radius 2 is 1.29 bits per heavy atom. The van der Waals surface area contributed by atoms with Crippen molar-refractivity contribution in [3.05, 3.63) is 0 Å². The van der Waals surface area contributed by atoms with Crippen LogP contribution in [-0.4, -0.2) is 51.5 Å². The Labute approximate surface area is 60.3 Å². The van der Waals surface area contributed by atoms with Crippen molar-refractivity contribution in [3.63, 3.8) is 0 Å². The Morgan fingerprint density at radius 1 is 1.29 bits per heavy atom. The van der Waals surface area contributed by atoms with Gasteiger partial charge in [0.2, 0.25) is 0 Å². The van der Waals surface area contributed by atoms with E-state index < -0.39 is 6.16 Å². The molecule has 7 heavy (non-hydrogen) atoms. The summed E-state index contributed by atoms with van der Waals surface area (Å²) in [4.78, 5) is 8.56. The number of rotatable bonds is 0. The van der Waals surface area contributed by atoms with Crippen LogP contribution in [0.25, 0.3) is 0 Å². The molecule has 0 aromatic carbocycles. The van der Waals surface area contributed by atoms with Crippen molar-refractivity contribution in [1.29, 1.82) is 0 Å². The first kappa shape index (κ1) is 15.7. The Bertz CT molecular complexity index is 43.0. The summed E-state index contributed by atoms with van der Waals surface area (Å²) >= 11 is 0.611. The van der Waals surface area contributed by atoms with Gasteiger partial charge in [0.15, 0.2) is 0 Å². The third-order valence-corrected chi connectivity index (χ3v) is 0. The van der Waals surface area contributed by atoms with Gasteiger partial charge in [-0.15, -0.1) is 0 Å². The van der Waals surface area contributed by atoms with Crippen LogP contribution in [0, 0.1) is 0 Å². The van der Waals surface area contributed by atoms with Gasteiger partial charge >= 0.3 is 45.0 Å². The maximum absolute atomic E-state index is 8.56. The molecule has 0 aliphatic carbocycles. The van der Waals surface area contributed by atoms with Crippen LogP contribution in [0.15, 0.2) is 0 Å². The second-order valence-electron chi connectivity index (χ2n) is 0.283. The quantitative estimate of drug-likeness (QED) is 0.388. The third-order valence-electron chi connectivity index (χ3n) is 0. The number of hydrogen-bond acceptors (Lipinski definition) is 2. The fourth-order valence-corrected chi connectivity index (χ4v) is 0. The molecule has 0 aromatic rings. The van der Waals surface area contributed by atoms with Crippen molar-refractivity contribution in [3.8, 4) is 0 Å². The van der Waals surface area contributed by atoms with Gasteiger partial charge in [-0.2, -0.15) is 0 Å². The predicted octanol–water partition coefficient (Wildman–Crippen LogP) is -1.19. The Morgan fingerprint density at radius 3 is 1.29 bits per heavy atom. The van der Waals surface area contributed by atoms with Crippen molar-refractivity contribution in [2.75, 3.05) is 0 Å². The molecule has 0 saturated heterocycles. The predicted molar refractivity (Wildman–Crippen MR) is 25.6 cm³/mol. The molecule has 0 spiro atoms. The molecule has 0 aliphatic heterocycles. The monoisotopic (exact) mass is 114 g/mol. The molecule has 0 aliphatic rings. The van der Waals surface area contributed by atoms with Crippen LogP contribution < -0.4 is 0 Å².